The zero-order valence-electron chi connectivity index (χ0n) is 20.7. The van der Waals surface area contributed by atoms with Gasteiger partial charge < -0.3 is 14.2 Å². The third-order valence-corrected chi connectivity index (χ3v) is 7.80. The Labute approximate surface area is 210 Å². The first kappa shape index (κ1) is 25.0. The number of carbonyl (C=O) groups is 2. The number of hydrogen-bond donors (Lipinski definition) is 0. The average Bonchev–Trinajstić information content (AvgIpc) is 2.77. The summed E-state index contributed by atoms with van der Waals surface area (Å²) in [4.78, 5) is 32.1. The number of allylic oxidation sites excluding steroid dienone is 2. The van der Waals surface area contributed by atoms with E-state index in [1.165, 1.54) is 6.42 Å². The van der Waals surface area contributed by atoms with Crippen LogP contribution in [0.15, 0.2) is 32.9 Å². The molecule has 1 fully saturated rings. The lowest BCUT2D eigenvalue weighted by Gasteiger charge is -2.39. The van der Waals surface area contributed by atoms with E-state index in [2.05, 4.69) is 29.8 Å². The normalized spacial score (nSPS) is 24.9. The van der Waals surface area contributed by atoms with Crippen molar-refractivity contribution in [2.24, 2.45) is 16.3 Å². The standard InChI is InChI=1S/C27H34BrNO5/c1-15-22(26(31)34-16-9-7-6-8-10-16)23(18-11-17(32-4)12-19(28)25(18)33-5)24-20(29-15)13-27(2,3)14-21(24)30/h11-12,16,22-23H,6-10,13-14H2,1-5H3/t22?,23-/m1/s1. The Morgan fingerprint density at radius 2 is 1.79 bits per heavy atom. The summed E-state index contributed by atoms with van der Waals surface area (Å²) in [6.07, 6.45) is 6.09. The smallest absolute Gasteiger partial charge is 0.315 e. The van der Waals surface area contributed by atoms with Crippen molar-refractivity contribution in [3.05, 3.63) is 33.4 Å². The van der Waals surface area contributed by atoms with Crippen LogP contribution in [0.5, 0.6) is 11.5 Å². The number of carbonyl (C=O) groups excluding carboxylic acids is 2. The van der Waals surface area contributed by atoms with Gasteiger partial charge in [0.2, 0.25) is 0 Å². The molecule has 0 bridgehead atoms. The summed E-state index contributed by atoms with van der Waals surface area (Å²) >= 11 is 3.59. The maximum absolute atomic E-state index is 13.7. The molecule has 1 aromatic rings. The molecule has 0 radical (unpaired) electrons. The molecule has 34 heavy (non-hydrogen) atoms. The Kier molecular flexibility index (Phi) is 7.22. The Bertz CT molecular complexity index is 1050. The van der Waals surface area contributed by atoms with Gasteiger partial charge in [0.05, 0.1) is 18.7 Å². The summed E-state index contributed by atoms with van der Waals surface area (Å²) in [6.45, 7) is 6.04. The van der Waals surface area contributed by atoms with E-state index in [9.17, 15) is 9.59 Å². The highest BCUT2D eigenvalue weighted by Crippen LogP contribution is 2.51. The van der Waals surface area contributed by atoms with Gasteiger partial charge in [-0.1, -0.05) is 20.3 Å². The fourth-order valence-electron chi connectivity index (χ4n) is 5.66. The van der Waals surface area contributed by atoms with Gasteiger partial charge in [0.25, 0.3) is 0 Å². The van der Waals surface area contributed by atoms with Crippen LogP contribution in [0.2, 0.25) is 0 Å². The van der Waals surface area contributed by atoms with Crippen LogP contribution in [-0.2, 0) is 14.3 Å². The molecule has 1 aliphatic heterocycles. The minimum atomic E-state index is -0.696. The molecule has 1 aromatic carbocycles. The van der Waals surface area contributed by atoms with Crippen LogP contribution >= 0.6 is 15.9 Å². The SMILES string of the molecule is COc1cc(Br)c(OC)c([C@H]2C3=C(CC(C)(C)CC3=O)N=C(C)C2C(=O)OC2CCCCC2)c1. The minimum Gasteiger partial charge on any atom is -0.497 e. The van der Waals surface area contributed by atoms with E-state index in [0.717, 1.165) is 36.9 Å². The lowest BCUT2D eigenvalue weighted by molar-refractivity contribution is -0.153. The second-order valence-electron chi connectivity index (χ2n) is 10.4. The molecule has 0 N–H and O–H groups in total. The van der Waals surface area contributed by atoms with E-state index in [1.54, 1.807) is 14.2 Å². The van der Waals surface area contributed by atoms with Gasteiger partial charge in [0.15, 0.2) is 5.78 Å². The molecule has 0 amide bonds. The Balaban J connectivity index is 1.86. The summed E-state index contributed by atoms with van der Waals surface area (Å²) in [5.74, 6) is -0.326. The van der Waals surface area contributed by atoms with Crippen LogP contribution in [0.4, 0.5) is 0 Å². The van der Waals surface area contributed by atoms with Crippen molar-refractivity contribution in [2.75, 3.05) is 14.2 Å². The van der Waals surface area contributed by atoms with Crippen molar-refractivity contribution in [1.29, 1.82) is 0 Å². The number of benzene rings is 1. The maximum atomic E-state index is 13.7. The molecular weight excluding hydrogens is 498 g/mol. The Morgan fingerprint density at radius 1 is 1.09 bits per heavy atom. The molecule has 1 saturated carbocycles. The first-order chi connectivity index (χ1) is 16.1. The van der Waals surface area contributed by atoms with E-state index >= 15 is 0 Å². The number of ether oxygens (including phenoxy) is 3. The molecule has 2 aliphatic carbocycles. The van der Waals surface area contributed by atoms with Gasteiger partial charge in [-0.2, -0.15) is 0 Å². The molecule has 0 spiro atoms. The fraction of sp³-hybridized carbons (Fsp3) is 0.593. The molecule has 1 heterocycles. The van der Waals surface area contributed by atoms with Gasteiger partial charge in [0, 0.05) is 34.9 Å². The first-order valence-corrected chi connectivity index (χ1v) is 12.9. The predicted molar refractivity (Wildman–Crippen MR) is 135 cm³/mol. The predicted octanol–water partition coefficient (Wildman–Crippen LogP) is 6.16. The van der Waals surface area contributed by atoms with Gasteiger partial charge in [-0.25, -0.2) is 0 Å². The maximum Gasteiger partial charge on any atom is 0.315 e. The molecule has 184 valence electrons. The highest BCUT2D eigenvalue weighted by Gasteiger charge is 2.47. The van der Waals surface area contributed by atoms with E-state index < -0.39 is 11.8 Å². The van der Waals surface area contributed by atoms with Crippen LogP contribution in [0.25, 0.3) is 0 Å². The minimum absolute atomic E-state index is 0.0314. The molecule has 1 unspecified atom stereocenters. The number of hydrogen-bond acceptors (Lipinski definition) is 6. The van der Waals surface area contributed by atoms with Crippen molar-refractivity contribution in [3.63, 3.8) is 0 Å². The zero-order valence-corrected chi connectivity index (χ0v) is 22.3. The first-order valence-electron chi connectivity index (χ1n) is 12.1. The molecular formula is C27H34BrNO5. The highest BCUT2D eigenvalue weighted by molar-refractivity contribution is 9.10. The monoisotopic (exact) mass is 531 g/mol. The van der Waals surface area contributed by atoms with Crippen LogP contribution in [0.3, 0.4) is 0 Å². The molecule has 3 aliphatic rings. The largest absolute Gasteiger partial charge is 0.497 e. The van der Waals surface area contributed by atoms with Gasteiger partial charge >= 0.3 is 5.97 Å². The fourth-order valence-corrected chi connectivity index (χ4v) is 6.28. The van der Waals surface area contributed by atoms with Gasteiger partial charge in [0.1, 0.15) is 23.5 Å². The number of esters is 1. The third-order valence-electron chi connectivity index (χ3n) is 7.21. The second-order valence-corrected chi connectivity index (χ2v) is 11.3. The summed E-state index contributed by atoms with van der Waals surface area (Å²) in [5.41, 5.74) is 2.60. The average molecular weight is 532 g/mol. The third kappa shape index (κ3) is 4.81. The number of Topliss-reactive ketones (excluding diaryl/α,β-unsaturated/α-hetero) is 1. The topological polar surface area (TPSA) is 74.2 Å². The summed E-state index contributed by atoms with van der Waals surface area (Å²) in [6, 6.07) is 3.69. The second kappa shape index (κ2) is 9.84. The molecule has 6 nitrogen and oxygen atoms in total. The molecule has 0 aromatic heterocycles. The van der Waals surface area contributed by atoms with Gasteiger partial charge in [-0.05, 0) is 72.5 Å². The highest BCUT2D eigenvalue weighted by atomic mass is 79.9. The quantitative estimate of drug-likeness (QED) is 0.425. The van der Waals surface area contributed by atoms with Gasteiger partial charge in [-0.3, -0.25) is 14.6 Å². The number of rotatable bonds is 5. The molecule has 7 heteroatoms. The summed E-state index contributed by atoms with van der Waals surface area (Å²) in [7, 11) is 3.19. The van der Waals surface area contributed by atoms with Crippen LogP contribution in [-0.4, -0.2) is 37.8 Å². The number of aliphatic imine (C=N–C) groups is 1. The number of methoxy groups -OCH3 is 2. The van der Waals surface area contributed by atoms with E-state index in [1.807, 2.05) is 19.1 Å². The number of ketones is 1. The zero-order chi connectivity index (χ0) is 24.6. The van der Waals surface area contributed by atoms with Crippen LogP contribution in [0, 0.1) is 11.3 Å². The molecule has 2 atom stereocenters. The van der Waals surface area contributed by atoms with Crippen molar-refractivity contribution >= 4 is 33.4 Å². The van der Waals surface area contributed by atoms with E-state index in [0.29, 0.717) is 40.1 Å². The summed E-state index contributed by atoms with van der Waals surface area (Å²) < 4.78 is 18.0. The van der Waals surface area contributed by atoms with Crippen LogP contribution < -0.4 is 9.47 Å². The van der Waals surface area contributed by atoms with Gasteiger partial charge in [-0.15, -0.1) is 0 Å². The number of halogens is 1. The number of nitrogens with zero attached hydrogens (tertiary/aromatic N) is 1. The van der Waals surface area contributed by atoms with Crippen molar-refractivity contribution in [3.8, 4) is 11.5 Å². The lowest BCUT2D eigenvalue weighted by atomic mass is 9.66. The molecule has 4 rings (SSSR count). The summed E-state index contributed by atoms with van der Waals surface area (Å²) in [5, 5.41) is 0. The van der Waals surface area contributed by atoms with Crippen molar-refractivity contribution < 1.29 is 23.8 Å². The van der Waals surface area contributed by atoms with E-state index in [4.69, 9.17) is 19.2 Å². The van der Waals surface area contributed by atoms with E-state index in [-0.39, 0.29) is 23.3 Å². The van der Waals surface area contributed by atoms with Crippen molar-refractivity contribution in [1.82, 2.24) is 0 Å². The Morgan fingerprint density at radius 3 is 2.44 bits per heavy atom. The molecule has 0 saturated heterocycles. The van der Waals surface area contributed by atoms with Crippen LogP contribution in [0.1, 0.15) is 77.2 Å². The Hall–Kier alpha value is -2.15. The lowest BCUT2D eigenvalue weighted by Crippen LogP contribution is -2.40. The van der Waals surface area contributed by atoms with Crippen molar-refractivity contribution in [2.45, 2.75) is 77.7 Å².